The van der Waals surface area contributed by atoms with Crippen molar-refractivity contribution in [3.8, 4) is 17.1 Å². The van der Waals surface area contributed by atoms with Gasteiger partial charge in [-0.3, -0.25) is 4.90 Å². The van der Waals surface area contributed by atoms with Crippen LogP contribution in [-0.4, -0.2) is 99.7 Å². The standard InChI is InChI=1S/C38H44ClF3N6O4/c1-21-12-23(21)30-26(39)14-28-25(16-43-48(28)29-6-3-4-10-51-29)31(30)32-27(41)13-24-34(33(32)42)44-36(45-35(24)46-9-11-50-19-37(2,49)18-46)52-20-38-7-5-8-47(38)17-22(40)15-38/h13-14,16,21-23,29,49H,3-12,15,17-20H2,1-2H3/t21-,22-,23+,29?,37+,38+/m1/s1. The molecular formula is C38H44ClF3N6O4. The third-order valence-corrected chi connectivity index (χ3v) is 12.2. The SMILES string of the molecule is C[C@@H]1C[C@@H]1c1c(Cl)cc2c(cnn2C2CCCCO2)c1-c1c(F)cc2c(N3CCOC[C@@](C)(O)C3)nc(OC[C@@]34CCCN3C[C@H](F)C4)nc2c1F. The molecule has 9 rings (SSSR count). The lowest BCUT2D eigenvalue weighted by Gasteiger charge is -2.31. The predicted molar refractivity (Wildman–Crippen MR) is 191 cm³/mol. The molecule has 278 valence electrons. The third-order valence-electron chi connectivity index (χ3n) is 11.9. The highest BCUT2D eigenvalue weighted by molar-refractivity contribution is 6.33. The highest BCUT2D eigenvalue weighted by atomic mass is 35.5. The van der Waals surface area contributed by atoms with Crippen LogP contribution in [0.3, 0.4) is 0 Å². The lowest BCUT2D eigenvalue weighted by molar-refractivity contribution is -0.0366. The molecular weight excluding hydrogens is 697 g/mol. The second-order valence-electron chi connectivity index (χ2n) is 15.9. The number of anilines is 1. The minimum absolute atomic E-state index is 0.0224. The molecule has 1 unspecified atom stereocenters. The fourth-order valence-corrected chi connectivity index (χ4v) is 9.54. The number of ether oxygens (including phenoxy) is 3. The molecule has 6 heterocycles. The molecule has 2 aromatic carbocycles. The minimum Gasteiger partial charge on any atom is -0.461 e. The van der Waals surface area contributed by atoms with Gasteiger partial charge in [-0.05, 0) is 81.5 Å². The Hall–Kier alpha value is -3.23. The molecule has 0 radical (unpaired) electrons. The van der Waals surface area contributed by atoms with Crippen molar-refractivity contribution in [2.24, 2.45) is 5.92 Å². The highest BCUT2D eigenvalue weighted by Crippen LogP contribution is 2.55. The number of nitrogens with zero attached hydrogens (tertiary/aromatic N) is 6. The number of fused-ring (bicyclic) bond motifs is 3. The van der Waals surface area contributed by atoms with Crippen molar-refractivity contribution in [3.05, 3.63) is 40.6 Å². The Balaban J connectivity index is 1.22. The van der Waals surface area contributed by atoms with Gasteiger partial charge in [-0.15, -0.1) is 0 Å². The maximum absolute atomic E-state index is 17.5. The van der Waals surface area contributed by atoms with Crippen molar-refractivity contribution < 1.29 is 32.5 Å². The van der Waals surface area contributed by atoms with Crippen LogP contribution in [-0.2, 0) is 9.47 Å². The van der Waals surface area contributed by atoms with Crippen molar-refractivity contribution in [2.75, 3.05) is 57.5 Å². The molecule has 1 aliphatic carbocycles. The molecule has 10 nitrogen and oxygen atoms in total. The van der Waals surface area contributed by atoms with Crippen molar-refractivity contribution in [1.82, 2.24) is 24.6 Å². The van der Waals surface area contributed by atoms with E-state index in [1.54, 1.807) is 22.7 Å². The Morgan fingerprint density at radius 3 is 2.73 bits per heavy atom. The molecule has 1 N–H and O–H groups in total. The molecule has 0 amide bonds. The Morgan fingerprint density at radius 2 is 1.94 bits per heavy atom. The molecule has 14 heteroatoms. The normalized spacial score (nSPS) is 31.0. The Morgan fingerprint density at radius 1 is 1.10 bits per heavy atom. The van der Waals surface area contributed by atoms with Crippen LogP contribution >= 0.6 is 11.6 Å². The van der Waals surface area contributed by atoms with Gasteiger partial charge in [0.25, 0.3) is 0 Å². The molecule has 5 aliphatic rings. The number of benzene rings is 2. The molecule has 52 heavy (non-hydrogen) atoms. The van der Waals surface area contributed by atoms with Gasteiger partial charge in [-0.25, -0.2) is 17.9 Å². The summed E-state index contributed by atoms with van der Waals surface area (Å²) in [4.78, 5) is 13.2. The molecule has 0 spiro atoms. The van der Waals surface area contributed by atoms with Gasteiger partial charge in [0.1, 0.15) is 35.5 Å². The summed E-state index contributed by atoms with van der Waals surface area (Å²) in [6.07, 6.45) is 6.01. The molecule has 4 aliphatic heterocycles. The predicted octanol–water partition coefficient (Wildman–Crippen LogP) is 6.94. The number of aliphatic hydroxyl groups is 1. The summed E-state index contributed by atoms with van der Waals surface area (Å²) in [5.74, 6) is -1.12. The van der Waals surface area contributed by atoms with Gasteiger partial charge >= 0.3 is 6.01 Å². The van der Waals surface area contributed by atoms with Crippen molar-refractivity contribution in [3.63, 3.8) is 0 Å². The van der Waals surface area contributed by atoms with Crippen LogP contribution in [0.4, 0.5) is 19.0 Å². The largest absolute Gasteiger partial charge is 0.461 e. The second-order valence-corrected chi connectivity index (χ2v) is 16.3. The highest BCUT2D eigenvalue weighted by Gasteiger charge is 2.49. The number of β-amino-alcohol motifs (C(OH)–C–C–N with tert-alkyl or cyclic N) is 1. The van der Waals surface area contributed by atoms with Crippen LogP contribution < -0.4 is 9.64 Å². The Kier molecular flexibility index (Phi) is 8.61. The zero-order chi connectivity index (χ0) is 35.9. The van der Waals surface area contributed by atoms with Gasteiger partial charge in [-0.2, -0.15) is 15.1 Å². The Bertz CT molecular complexity index is 2040. The first-order valence-electron chi connectivity index (χ1n) is 18.6. The summed E-state index contributed by atoms with van der Waals surface area (Å²) >= 11 is 7.06. The van der Waals surface area contributed by atoms with Gasteiger partial charge in [0, 0.05) is 47.5 Å². The van der Waals surface area contributed by atoms with Gasteiger partial charge in [0.05, 0.1) is 42.6 Å². The molecule has 2 aromatic heterocycles. The van der Waals surface area contributed by atoms with E-state index in [1.807, 2.05) is 6.07 Å². The van der Waals surface area contributed by atoms with Crippen LogP contribution in [0.5, 0.6) is 6.01 Å². The molecule has 5 fully saturated rings. The topological polar surface area (TPSA) is 98.0 Å². The molecule has 4 saturated heterocycles. The second kappa shape index (κ2) is 13.0. The van der Waals surface area contributed by atoms with Gasteiger partial charge < -0.3 is 24.2 Å². The summed E-state index contributed by atoms with van der Waals surface area (Å²) in [5, 5.41) is 16.9. The molecule has 1 saturated carbocycles. The van der Waals surface area contributed by atoms with Crippen LogP contribution in [0.25, 0.3) is 32.9 Å². The average Bonchev–Trinajstić information content (AvgIpc) is 3.38. The van der Waals surface area contributed by atoms with Crippen LogP contribution in [0.1, 0.15) is 76.5 Å². The van der Waals surface area contributed by atoms with E-state index < -0.39 is 28.9 Å². The van der Waals surface area contributed by atoms with E-state index in [-0.39, 0.29) is 72.7 Å². The average molecular weight is 741 g/mol. The zero-order valence-corrected chi connectivity index (χ0v) is 30.3. The van der Waals surface area contributed by atoms with Crippen LogP contribution in [0.2, 0.25) is 5.02 Å². The summed E-state index contributed by atoms with van der Waals surface area (Å²) in [7, 11) is 0. The zero-order valence-electron chi connectivity index (χ0n) is 29.5. The van der Waals surface area contributed by atoms with Crippen molar-refractivity contribution in [2.45, 2.75) is 88.3 Å². The minimum atomic E-state index is -1.25. The van der Waals surface area contributed by atoms with E-state index in [1.165, 1.54) is 6.07 Å². The van der Waals surface area contributed by atoms with E-state index in [9.17, 15) is 9.50 Å². The number of hydrogen-bond acceptors (Lipinski definition) is 9. The van der Waals surface area contributed by atoms with E-state index in [0.717, 1.165) is 45.1 Å². The summed E-state index contributed by atoms with van der Waals surface area (Å²) in [6, 6.07) is 3.03. The van der Waals surface area contributed by atoms with E-state index in [2.05, 4.69) is 21.9 Å². The number of rotatable bonds is 7. The van der Waals surface area contributed by atoms with E-state index >= 15 is 8.78 Å². The Labute approximate surface area is 305 Å². The van der Waals surface area contributed by atoms with Gasteiger partial charge in [0.15, 0.2) is 12.0 Å². The van der Waals surface area contributed by atoms with Gasteiger partial charge in [-0.1, -0.05) is 18.5 Å². The maximum atomic E-state index is 17.5. The fraction of sp³-hybridized carbons (Fsp3) is 0.605. The molecule has 4 aromatic rings. The number of hydrogen-bond donors (Lipinski definition) is 1. The van der Waals surface area contributed by atoms with E-state index in [0.29, 0.717) is 53.2 Å². The number of alkyl halides is 1. The van der Waals surface area contributed by atoms with Crippen LogP contribution in [0, 0.1) is 17.6 Å². The van der Waals surface area contributed by atoms with Crippen molar-refractivity contribution in [1.29, 1.82) is 0 Å². The summed E-state index contributed by atoms with van der Waals surface area (Å²) in [6.45, 7) is 6.42. The first-order valence-corrected chi connectivity index (χ1v) is 19.0. The molecule has 0 bridgehead atoms. The smallest absolute Gasteiger partial charge is 0.319 e. The monoisotopic (exact) mass is 740 g/mol. The summed E-state index contributed by atoms with van der Waals surface area (Å²) < 4.78 is 68.8. The first-order chi connectivity index (χ1) is 25.0. The summed E-state index contributed by atoms with van der Waals surface area (Å²) in [5.41, 5.74) is -0.402. The number of halogens is 4. The third kappa shape index (κ3) is 5.91. The van der Waals surface area contributed by atoms with Crippen LogP contribution in [0.15, 0.2) is 18.3 Å². The van der Waals surface area contributed by atoms with Crippen molar-refractivity contribution >= 4 is 39.2 Å². The molecule has 6 atom stereocenters. The van der Waals surface area contributed by atoms with Gasteiger partial charge in [0.2, 0.25) is 0 Å². The lowest BCUT2D eigenvalue weighted by Crippen LogP contribution is -2.44. The maximum Gasteiger partial charge on any atom is 0.319 e. The quantitative estimate of drug-likeness (QED) is 0.216. The first kappa shape index (κ1) is 34.5. The lowest BCUT2D eigenvalue weighted by atomic mass is 9.91. The van der Waals surface area contributed by atoms with E-state index in [4.69, 9.17) is 30.8 Å². The number of aromatic nitrogens is 4. The fourth-order valence-electron chi connectivity index (χ4n) is 9.20.